The zero-order chi connectivity index (χ0) is 16.0. The smallest absolute Gasteiger partial charge is 0.255 e. The number of likely N-dealkylation sites (tertiary alicyclic amines) is 1. The molecule has 5 nitrogen and oxygen atoms in total. The zero-order valence-electron chi connectivity index (χ0n) is 13.3. The molecule has 0 aromatic heterocycles. The molecule has 0 spiro atoms. The van der Waals surface area contributed by atoms with E-state index in [1.165, 1.54) is 19.4 Å². The van der Waals surface area contributed by atoms with Gasteiger partial charge in [-0.3, -0.25) is 9.59 Å². The minimum atomic E-state index is -0.598. The molecule has 2 aliphatic heterocycles. The van der Waals surface area contributed by atoms with Crippen LogP contribution in [0.4, 0.5) is 0 Å². The normalized spacial score (nSPS) is 25.7. The first-order valence-electron chi connectivity index (χ1n) is 8.58. The van der Waals surface area contributed by atoms with Gasteiger partial charge < -0.3 is 15.5 Å². The summed E-state index contributed by atoms with van der Waals surface area (Å²) in [5.41, 5.74) is 7.03. The molecule has 122 valence electrons. The molecule has 1 saturated carbocycles. The molecule has 2 fully saturated rings. The molecule has 1 atom stereocenters. The van der Waals surface area contributed by atoms with Gasteiger partial charge >= 0.3 is 0 Å². The topological polar surface area (TPSA) is 66.6 Å². The summed E-state index contributed by atoms with van der Waals surface area (Å²) in [4.78, 5) is 29.0. The van der Waals surface area contributed by atoms with E-state index in [0.29, 0.717) is 5.56 Å². The highest BCUT2D eigenvalue weighted by molar-refractivity contribution is 6.04. The number of hydrogen-bond donors (Lipinski definition) is 1. The van der Waals surface area contributed by atoms with Crippen molar-refractivity contribution in [2.75, 3.05) is 19.6 Å². The number of fused-ring (bicyclic) bond motifs is 1. The molecular weight excluding hydrogens is 290 g/mol. The van der Waals surface area contributed by atoms with Gasteiger partial charge in [-0.05, 0) is 43.2 Å². The van der Waals surface area contributed by atoms with E-state index in [1.54, 1.807) is 11.0 Å². The van der Waals surface area contributed by atoms with E-state index >= 15 is 0 Å². The summed E-state index contributed by atoms with van der Waals surface area (Å²) in [6, 6.07) is 6.88. The number of rotatable bonds is 4. The van der Waals surface area contributed by atoms with E-state index in [2.05, 4.69) is 4.90 Å². The molecule has 5 heteroatoms. The maximum atomic E-state index is 12.8. The Labute approximate surface area is 136 Å². The molecule has 0 radical (unpaired) electrons. The van der Waals surface area contributed by atoms with Crippen molar-refractivity contribution in [3.63, 3.8) is 0 Å². The van der Waals surface area contributed by atoms with E-state index in [-0.39, 0.29) is 11.9 Å². The third kappa shape index (κ3) is 2.63. The van der Waals surface area contributed by atoms with E-state index < -0.39 is 11.9 Å². The molecule has 1 saturated heterocycles. The fourth-order valence-corrected chi connectivity index (χ4v) is 4.05. The molecule has 2 N–H and O–H groups in total. The van der Waals surface area contributed by atoms with Crippen molar-refractivity contribution >= 4 is 11.8 Å². The molecular formula is C18H23N3O2. The number of nitrogens with zero attached hydrogens (tertiary/aromatic N) is 2. The van der Waals surface area contributed by atoms with E-state index in [1.807, 2.05) is 18.2 Å². The lowest BCUT2D eigenvalue weighted by atomic mass is 10.00. The summed E-state index contributed by atoms with van der Waals surface area (Å²) < 4.78 is 0. The standard InChI is InChI=1S/C18H23N3O2/c19-17(22)16-14-3-1-2-4-15(14)18(23)21(16)13-7-9-20(10-8-13)11-12-5-6-12/h1-4,12-13,16H,5-11H2,(H2,19,22). The minimum absolute atomic E-state index is 0.0370. The molecule has 1 unspecified atom stereocenters. The van der Waals surface area contributed by atoms with Gasteiger partial charge in [0, 0.05) is 31.2 Å². The SMILES string of the molecule is NC(=O)C1c2ccccc2C(=O)N1C1CCN(CC2CC2)CC1. The average Bonchev–Trinajstić information content (AvgIpc) is 3.31. The van der Waals surface area contributed by atoms with Gasteiger partial charge in [0.1, 0.15) is 6.04 Å². The fourth-order valence-electron chi connectivity index (χ4n) is 4.05. The first-order chi connectivity index (χ1) is 11.1. The van der Waals surface area contributed by atoms with Crippen molar-refractivity contribution in [2.45, 2.75) is 37.8 Å². The van der Waals surface area contributed by atoms with Gasteiger partial charge in [-0.2, -0.15) is 0 Å². The van der Waals surface area contributed by atoms with Gasteiger partial charge in [-0.1, -0.05) is 18.2 Å². The predicted octanol–water partition coefficient (Wildman–Crippen LogP) is 1.54. The highest BCUT2D eigenvalue weighted by Crippen LogP contribution is 2.38. The van der Waals surface area contributed by atoms with Crippen molar-refractivity contribution in [1.29, 1.82) is 0 Å². The van der Waals surface area contributed by atoms with Crippen LogP contribution in [-0.4, -0.2) is 47.3 Å². The largest absolute Gasteiger partial charge is 0.368 e. The second kappa shape index (κ2) is 5.64. The Morgan fingerprint density at radius 3 is 2.48 bits per heavy atom. The van der Waals surface area contributed by atoms with Crippen molar-refractivity contribution in [1.82, 2.24) is 9.80 Å². The van der Waals surface area contributed by atoms with Crippen LogP contribution in [0.25, 0.3) is 0 Å². The van der Waals surface area contributed by atoms with Gasteiger partial charge in [0.25, 0.3) is 5.91 Å². The molecule has 1 aromatic rings. The average molecular weight is 313 g/mol. The second-order valence-electron chi connectivity index (χ2n) is 7.08. The molecule has 2 amide bonds. The number of primary amides is 1. The number of hydrogen-bond acceptors (Lipinski definition) is 3. The maximum absolute atomic E-state index is 12.8. The van der Waals surface area contributed by atoms with Crippen LogP contribution < -0.4 is 5.73 Å². The van der Waals surface area contributed by atoms with Crippen LogP contribution in [0.15, 0.2) is 24.3 Å². The van der Waals surface area contributed by atoms with Crippen LogP contribution in [0.5, 0.6) is 0 Å². The van der Waals surface area contributed by atoms with Gasteiger partial charge in [0.2, 0.25) is 5.91 Å². The van der Waals surface area contributed by atoms with Crippen molar-refractivity contribution < 1.29 is 9.59 Å². The number of piperidine rings is 1. The van der Waals surface area contributed by atoms with Crippen molar-refractivity contribution in [3.05, 3.63) is 35.4 Å². The maximum Gasteiger partial charge on any atom is 0.255 e. The van der Waals surface area contributed by atoms with E-state index in [9.17, 15) is 9.59 Å². The Morgan fingerprint density at radius 1 is 1.13 bits per heavy atom. The number of nitrogens with two attached hydrogens (primary N) is 1. The van der Waals surface area contributed by atoms with E-state index in [0.717, 1.165) is 37.4 Å². The Morgan fingerprint density at radius 2 is 1.83 bits per heavy atom. The highest BCUT2D eigenvalue weighted by atomic mass is 16.2. The number of amides is 2. The van der Waals surface area contributed by atoms with Gasteiger partial charge in [0.05, 0.1) is 0 Å². The molecule has 2 heterocycles. The number of carbonyl (C=O) groups excluding carboxylic acids is 2. The van der Waals surface area contributed by atoms with Crippen LogP contribution in [0.2, 0.25) is 0 Å². The number of carbonyl (C=O) groups is 2. The predicted molar refractivity (Wildman–Crippen MR) is 86.7 cm³/mol. The van der Waals surface area contributed by atoms with Crippen molar-refractivity contribution in [3.8, 4) is 0 Å². The van der Waals surface area contributed by atoms with E-state index in [4.69, 9.17) is 5.73 Å². The summed E-state index contributed by atoms with van der Waals surface area (Å²) in [7, 11) is 0. The van der Waals surface area contributed by atoms with Gasteiger partial charge in [0.15, 0.2) is 0 Å². The molecule has 4 rings (SSSR count). The molecule has 1 aromatic carbocycles. The summed E-state index contributed by atoms with van der Waals surface area (Å²) in [5, 5.41) is 0. The molecule has 1 aliphatic carbocycles. The first kappa shape index (κ1) is 14.7. The quantitative estimate of drug-likeness (QED) is 0.917. The Balaban J connectivity index is 1.52. The third-order valence-electron chi connectivity index (χ3n) is 5.43. The molecule has 0 bridgehead atoms. The highest BCUT2D eigenvalue weighted by Gasteiger charge is 2.44. The van der Waals surface area contributed by atoms with Crippen molar-refractivity contribution in [2.24, 2.45) is 11.7 Å². The Hall–Kier alpha value is -1.88. The summed E-state index contributed by atoms with van der Waals surface area (Å²) in [6.07, 6.45) is 4.58. The summed E-state index contributed by atoms with van der Waals surface area (Å²) >= 11 is 0. The lowest BCUT2D eigenvalue weighted by molar-refractivity contribution is -0.123. The number of benzene rings is 1. The van der Waals surface area contributed by atoms with Crippen LogP contribution in [0.3, 0.4) is 0 Å². The fraction of sp³-hybridized carbons (Fsp3) is 0.556. The van der Waals surface area contributed by atoms with Crippen LogP contribution in [0.1, 0.15) is 47.6 Å². The zero-order valence-corrected chi connectivity index (χ0v) is 13.3. The summed E-state index contributed by atoms with van der Waals surface area (Å²) in [5.74, 6) is 0.427. The lowest BCUT2D eigenvalue weighted by Crippen LogP contribution is -2.49. The van der Waals surface area contributed by atoms with Gasteiger partial charge in [-0.15, -0.1) is 0 Å². The molecule has 3 aliphatic rings. The first-order valence-corrected chi connectivity index (χ1v) is 8.58. The molecule has 23 heavy (non-hydrogen) atoms. The van der Waals surface area contributed by atoms with Crippen LogP contribution >= 0.6 is 0 Å². The lowest BCUT2D eigenvalue weighted by Gasteiger charge is -2.38. The monoisotopic (exact) mass is 313 g/mol. The Kier molecular flexibility index (Phi) is 3.60. The Bertz CT molecular complexity index is 633. The summed E-state index contributed by atoms with van der Waals surface area (Å²) in [6.45, 7) is 3.21. The minimum Gasteiger partial charge on any atom is -0.368 e. The third-order valence-corrected chi connectivity index (χ3v) is 5.43. The van der Waals surface area contributed by atoms with Crippen LogP contribution in [-0.2, 0) is 4.79 Å². The van der Waals surface area contributed by atoms with Gasteiger partial charge in [-0.25, -0.2) is 0 Å². The second-order valence-corrected chi connectivity index (χ2v) is 7.08. The van der Waals surface area contributed by atoms with Crippen LogP contribution in [0, 0.1) is 5.92 Å².